The lowest BCUT2D eigenvalue weighted by Gasteiger charge is -2.32. The van der Waals surface area contributed by atoms with Crippen LogP contribution in [-0.2, 0) is 14.3 Å². The molecule has 0 saturated heterocycles. The summed E-state index contributed by atoms with van der Waals surface area (Å²) in [5, 5.41) is 0.750. The highest BCUT2D eigenvalue weighted by Crippen LogP contribution is 2.42. The summed E-state index contributed by atoms with van der Waals surface area (Å²) in [6.45, 7) is -0.00486. The third-order valence-corrected chi connectivity index (χ3v) is 5.29. The number of ether oxygens (including phenoxy) is 1. The third-order valence-electron chi connectivity index (χ3n) is 4.55. The molecule has 0 bridgehead atoms. The number of amides is 1. The van der Waals surface area contributed by atoms with Crippen molar-refractivity contribution < 1.29 is 18.7 Å². The number of halogens is 3. The molecule has 1 unspecified atom stereocenters. The summed E-state index contributed by atoms with van der Waals surface area (Å²) < 4.78 is 18.4. The van der Waals surface area contributed by atoms with Crippen LogP contribution in [0.25, 0.3) is 0 Å². The maximum atomic E-state index is 13.2. The first kappa shape index (κ1) is 17.1. The van der Waals surface area contributed by atoms with E-state index in [1.807, 2.05) is 0 Å². The predicted molar refractivity (Wildman–Crippen MR) is 95.7 cm³/mol. The van der Waals surface area contributed by atoms with E-state index in [4.69, 9.17) is 27.9 Å². The number of hydrogen-bond acceptors (Lipinski definition) is 3. The molecule has 0 N–H and O–H groups in total. The van der Waals surface area contributed by atoms with E-state index in [9.17, 15) is 14.0 Å². The number of esters is 1. The summed E-state index contributed by atoms with van der Waals surface area (Å²) in [7, 11) is 0. The Labute approximate surface area is 158 Å². The number of benzene rings is 2. The normalized spacial score (nSPS) is 19.7. The average molecular weight is 392 g/mol. The molecular formula is C19H12Cl2FNO3. The zero-order valence-corrected chi connectivity index (χ0v) is 14.9. The number of hydrogen-bond donors (Lipinski definition) is 0. The largest absolute Gasteiger partial charge is 0.456 e. The molecule has 0 fully saturated rings. The molecule has 0 saturated carbocycles. The van der Waals surface area contributed by atoms with E-state index in [1.54, 1.807) is 18.2 Å². The van der Waals surface area contributed by atoms with E-state index in [-0.39, 0.29) is 18.9 Å². The Morgan fingerprint density at radius 2 is 1.77 bits per heavy atom. The highest BCUT2D eigenvalue weighted by molar-refractivity contribution is 6.42. The SMILES string of the molecule is O=C1OCC2=C1C(c1ccc(Cl)c(Cl)c1)CC(=O)N2c1ccc(F)cc1. The number of anilines is 1. The Morgan fingerprint density at radius 1 is 1.04 bits per heavy atom. The molecule has 1 amide bonds. The minimum absolute atomic E-state index is 0.00486. The summed E-state index contributed by atoms with van der Waals surface area (Å²) in [5.41, 5.74) is 2.12. The first-order chi connectivity index (χ1) is 12.5. The first-order valence-electron chi connectivity index (χ1n) is 7.89. The number of carbonyl (C=O) groups is 2. The molecule has 4 nitrogen and oxygen atoms in total. The van der Waals surface area contributed by atoms with Gasteiger partial charge in [0.05, 0.1) is 21.3 Å². The fraction of sp³-hybridized carbons (Fsp3) is 0.158. The number of carbonyl (C=O) groups excluding carboxylic acids is 2. The highest BCUT2D eigenvalue weighted by Gasteiger charge is 2.43. The smallest absolute Gasteiger partial charge is 0.336 e. The van der Waals surface area contributed by atoms with Crippen LogP contribution in [0.5, 0.6) is 0 Å². The van der Waals surface area contributed by atoms with Gasteiger partial charge in [-0.3, -0.25) is 9.69 Å². The van der Waals surface area contributed by atoms with Crippen LogP contribution in [0, 0.1) is 5.82 Å². The fourth-order valence-electron chi connectivity index (χ4n) is 3.36. The average Bonchev–Trinajstić information content (AvgIpc) is 2.99. The van der Waals surface area contributed by atoms with Gasteiger partial charge in [-0.05, 0) is 42.0 Å². The van der Waals surface area contributed by atoms with Gasteiger partial charge < -0.3 is 4.74 Å². The molecule has 2 heterocycles. The molecule has 1 atom stereocenters. The van der Waals surface area contributed by atoms with Crippen LogP contribution >= 0.6 is 23.2 Å². The molecule has 2 aliphatic rings. The third kappa shape index (κ3) is 2.77. The topological polar surface area (TPSA) is 46.6 Å². The number of nitrogens with zero attached hydrogens (tertiary/aromatic N) is 1. The molecule has 2 aliphatic heterocycles. The van der Waals surface area contributed by atoms with Crippen molar-refractivity contribution in [1.82, 2.24) is 0 Å². The van der Waals surface area contributed by atoms with E-state index in [0.717, 1.165) is 5.56 Å². The summed E-state index contributed by atoms with van der Waals surface area (Å²) in [5.74, 6) is -1.53. The van der Waals surface area contributed by atoms with Crippen LogP contribution in [0.2, 0.25) is 10.0 Å². The standard InChI is InChI=1S/C19H12Cl2FNO3/c20-14-6-1-10(7-15(14)21)13-8-17(24)23(12-4-2-11(22)3-5-12)16-9-26-19(25)18(13)16/h1-7,13H,8-9H2. The Hall–Kier alpha value is -2.37. The molecule has 0 radical (unpaired) electrons. The van der Waals surface area contributed by atoms with Crippen molar-refractivity contribution in [3.63, 3.8) is 0 Å². The second-order valence-electron chi connectivity index (χ2n) is 6.07. The lowest BCUT2D eigenvalue weighted by atomic mass is 9.84. The molecule has 2 aromatic rings. The van der Waals surface area contributed by atoms with Gasteiger partial charge in [-0.15, -0.1) is 0 Å². The van der Waals surface area contributed by atoms with Gasteiger partial charge in [0.25, 0.3) is 0 Å². The van der Waals surface area contributed by atoms with Gasteiger partial charge in [0.1, 0.15) is 12.4 Å². The van der Waals surface area contributed by atoms with Gasteiger partial charge in [0.2, 0.25) is 5.91 Å². The molecule has 0 spiro atoms. The maximum Gasteiger partial charge on any atom is 0.336 e. The number of cyclic esters (lactones) is 1. The Kier molecular flexibility index (Phi) is 4.21. The van der Waals surface area contributed by atoms with E-state index < -0.39 is 17.7 Å². The highest BCUT2D eigenvalue weighted by atomic mass is 35.5. The summed E-state index contributed by atoms with van der Waals surface area (Å²) in [6.07, 6.45) is 0.0727. The van der Waals surface area contributed by atoms with Crippen LogP contribution in [0.3, 0.4) is 0 Å². The van der Waals surface area contributed by atoms with Gasteiger partial charge in [0.15, 0.2) is 0 Å². The zero-order chi connectivity index (χ0) is 18.4. The Morgan fingerprint density at radius 3 is 2.46 bits per heavy atom. The van der Waals surface area contributed by atoms with Gasteiger partial charge in [-0.25, -0.2) is 9.18 Å². The monoisotopic (exact) mass is 391 g/mol. The van der Waals surface area contributed by atoms with Crippen molar-refractivity contribution in [3.8, 4) is 0 Å². The summed E-state index contributed by atoms with van der Waals surface area (Å²) in [4.78, 5) is 26.6. The zero-order valence-electron chi connectivity index (χ0n) is 13.3. The molecule has 0 aliphatic carbocycles. The molecule has 4 rings (SSSR count). The summed E-state index contributed by atoms with van der Waals surface area (Å²) in [6, 6.07) is 10.6. The van der Waals surface area contributed by atoms with Crippen molar-refractivity contribution in [2.75, 3.05) is 11.5 Å². The first-order valence-corrected chi connectivity index (χ1v) is 8.65. The predicted octanol–water partition coefficient (Wildman–Crippen LogP) is 4.46. The van der Waals surface area contributed by atoms with Crippen molar-refractivity contribution in [2.24, 2.45) is 0 Å². The van der Waals surface area contributed by atoms with Gasteiger partial charge in [-0.2, -0.15) is 0 Å². The van der Waals surface area contributed by atoms with Crippen LogP contribution in [0.1, 0.15) is 17.9 Å². The minimum atomic E-state index is -0.462. The van der Waals surface area contributed by atoms with Crippen molar-refractivity contribution >= 4 is 40.8 Å². The minimum Gasteiger partial charge on any atom is -0.456 e. The molecule has 26 heavy (non-hydrogen) atoms. The quantitative estimate of drug-likeness (QED) is 0.709. The van der Waals surface area contributed by atoms with E-state index in [0.29, 0.717) is 27.0 Å². The maximum absolute atomic E-state index is 13.2. The van der Waals surface area contributed by atoms with Crippen molar-refractivity contribution in [3.05, 3.63) is 75.2 Å². The Bertz CT molecular complexity index is 956. The second-order valence-corrected chi connectivity index (χ2v) is 6.89. The molecule has 0 aromatic heterocycles. The Balaban J connectivity index is 1.82. The van der Waals surface area contributed by atoms with Gasteiger partial charge in [-0.1, -0.05) is 29.3 Å². The molecule has 132 valence electrons. The second kappa shape index (κ2) is 6.41. The van der Waals surface area contributed by atoms with Crippen LogP contribution in [-0.4, -0.2) is 18.5 Å². The van der Waals surface area contributed by atoms with Gasteiger partial charge in [0, 0.05) is 18.0 Å². The lowest BCUT2D eigenvalue weighted by molar-refractivity contribution is -0.136. The van der Waals surface area contributed by atoms with Crippen LogP contribution in [0.4, 0.5) is 10.1 Å². The van der Waals surface area contributed by atoms with E-state index in [2.05, 4.69) is 0 Å². The van der Waals surface area contributed by atoms with E-state index in [1.165, 1.54) is 29.2 Å². The van der Waals surface area contributed by atoms with Crippen LogP contribution in [0.15, 0.2) is 53.7 Å². The molecule has 2 aromatic carbocycles. The fourth-order valence-corrected chi connectivity index (χ4v) is 3.66. The summed E-state index contributed by atoms with van der Waals surface area (Å²) >= 11 is 12.1. The molecular weight excluding hydrogens is 380 g/mol. The van der Waals surface area contributed by atoms with Crippen molar-refractivity contribution in [2.45, 2.75) is 12.3 Å². The van der Waals surface area contributed by atoms with Crippen LogP contribution < -0.4 is 4.90 Å². The van der Waals surface area contributed by atoms with Crippen molar-refractivity contribution in [1.29, 1.82) is 0 Å². The van der Waals surface area contributed by atoms with Gasteiger partial charge >= 0.3 is 5.97 Å². The molecule has 7 heteroatoms. The van der Waals surface area contributed by atoms with E-state index >= 15 is 0 Å². The lowest BCUT2D eigenvalue weighted by Crippen LogP contribution is -2.37. The number of rotatable bonds is 2.